The van der Waals surface area contributed by atoms with Gasteiger partial charge in [-0.2, -0.15) is 0 Å². The maximum absolute atomic E-state index is 12.0. The molecule has 96 valence electrons. The molecule has 3 nitrogen and oxygen atoms in total. The molecule has 1 atom stereocenters. The summed E-state index contributed by atoms with van der Waals surface area (Å²) < 4.78 is 6.07. The van der Waals surface area contributed by atoms with Crippen LogP contribution >= 0.6 is 0 Å². The molecule has 2 fully saturated rings. The van der Waals surface area contributed by atoms with E-state index in [1.807, 2.05) is 4.90 Å². The van der Waals surface area contributed by atoms with Gasteiger partial charge < -0.3 is 9.64 Å². The van der Waals surface area contributed by atoms with Crippen LogP contribution in [0.5, 0.6) is 0 Å². The summed E-state index contributed by atoms with van der Waals surface area (Å²) in [6.45, 7) is 5.77. The van der Waals surface area contributed by atoms with Crippen molar-refractivity contribution in [1.29, 1.82) is 0 Å². The summed E-state index contributed by atoms with van der Waals surface area (Å²) >= 11 is 0. The molecule has 3 heteroatoms. The zero-order chi connectivity index (χ0) is 12.8. The lowest BCUT2D eigenvalue weighted by Gasteiger charge is -2.43. The smallest absolute Gasteiger partial charge is 0.225 e. The van der Waals surface area contributed by atoms with Crippen molar-refractivity contribution in [3.63, 3.8) is 0 Å². The van der Waals surface area contributed by atoms with Gasteiger partial charge >= 0.3 is 0 Å². The van der Waals surface area contributed by atoms with Gasteiger partial charge in [-0.15, -0.1) is 0 Å². The largest absolute Gasteiger partial charge is 0.351 e. The Morgan fingerprint density at radius 2 is 2.17 bits per heavy atom. The van der Waals surface area contributed by atoms with Crippen LogP contribution in [0.1, 0.15) is 36.0 Å². The van der Waals surface area contributed by atoms with Gasteiger partial charge in [-0.3, -0.25) is 4.79 Å². The second-order valence-corrected chi connectivity index (χ2v) is 5.35. The highest BCUT2D eigenvalue weighted by Crippen LogP contribution is 2.44. The van der Waals surface area contributed by atoms with Crippen LogP contribution in [0.2, 0.25) is 0 Å². The lowest BCUT2D eigenvalue weighted by atomic mass is 9.93. The zero-order valence-corrected chi connectivity index (χ0v) is 11.0. The van der Waals surface area contributed by atoms with E-state index in [1.165, 1.54) is 16.7 Å². The number of benzene rings is 1. The van der Waals surface area contributed by atoms with Gasteiger partial charge in [0, 0.05) is 24.9 Å². The number of rotatable bonds is 1. The quantitative estimate of drug-likeness (QED) is 0.760. The predicted octanol–water partition coefficient (Wildman–Crippen LogP) is 2.50. The minimum absolute atomic E-state index is 0.231. The summed E-state index contributed by atoms with van der Waals surface area (Å²) in [5.41, 5.74) is 3.15. The maximum atomic E-state index is 12.0. The molecule has 1 amide bonds. The Labute approximate surface area is 108 Å². The molecule has 2 heterocycles. The third-order valence-electron chi connectivity index (χ3n) is 4.08. The van der Waals surface area contributed by atoms with Crippen LogP contribution in [-0.2, 0) is 15.3 Å². The minimum Gasteiger partial charge on any atom is -0.351 e. The Morgan fingerprint density at radius 1 is 1.33 bits per heavy atom. The molecule has 2 saturated heterocycles. The third-order valence-corrected chi connectivity index (χ3v) is 4.08. The lowest BCUT2D eigenvalue weighted by Crippen LogP contribution is -2.50. The molecule has 0 radical (unpaired) electrons. The van der Waals surface area contributed by atoms with Gasteiger partial charge in [-0.05, 0) is 25.8 Å². The van der Waals surface area contributed by atoms with Gasteiger partial charge in [0.05, 0.1) is 6.61 Å². The topological polar surface area (TPSA) is 29.5 Å². The fraction of sp³-hybridized carbons (Fsp3) is 0.533. The normalized spacial score (nSPS) is 27.4. The number of hydrogen-bond acceptors (Lipinski definition) is 2. The van der Waals surface area contributed by atoms with E-state index in [2.05, 4.69) is 32.0 Å². The van der Waals surface area contributed by atoms with Gasteiger partial charge in [0.1, 0.15) is 0 Å². The van der Waals surface area contributed by atoms with E-state index in [0.717, 1.165) is 26.0 Å². The van der Waals surface area contributed by atoms with E-state index in [0.29, 0.717) is 6.42 Å². The first-order valence-corrected chi connectivity index (χ1v) is 6.66. The van der Waals surface area contributed by atoms with E-state index in [4.69, 9.17) is 4.74 Å². The molecule has 1 aromatic carbocycles. The monoisotopic (exact) mass is 245 g/mol. The van der Waals surface area contributed by atoms with Gasteiger partial charge in [0.15, 0.2) is 5.72 Å². The predicted molar refractivity (Wildman–Crippen MR) is 69.1 cm³/mol. The molecule has 0 aromatic heterocycles. The number of carbonyl (C=O) groups is 1. The van der Waals surface area contributed by atoms with E-state index >= 15 is 0 Å². The summed E-state index contributed by atoms with van der Waals surface area (Å²) in [7, 11) is 0. The number of amides is 1. The van der Waals surface area contributed by atoms with Crippen LogP contribution in [0.3, 0.4) is 0 Å². The van der Waals surface area contributed by atoms with Crippen LogP contribution < -0.4 is 0 Å². The second kappa shape index (κ2) is 4.09. The van der Waals surface area contributed by atoms with Gasteiger partial charge in [-0.25, -0.2) is 0 Å². The fourth-order valence-corrected chi connectivity index (χ4v) is 3.28. The molecule has 0 spiro atoms. The number of ether oxygens (including phenoxy) is 1. The Bertz CT molecular complexity index is 497. The summed E-state index contributed by atoms with van der Waals surface area (Å²) in [5.74, 6) is 0.231. The Hall–Kier alpha value is -1.35. The molecule has 0 saturated carbocycles. The molecule has 2 aliphatic heterocycles. The summed E-state index contributed by atoms with van der Waals surface area (Å²) in [5, 5.41) is 0. The fourth-order valence-electron chi connectivity index (χ4n) is 3.28. The third kappa shape index (κ3) is 1.57. The lowest BCUT2D eigenvalue weighted by molar-refractivity contribution is -0.183. The SMILES string of the molecule is Cc1ccc([C@]23CCC(=O)N2CCCO3)c(C)c1. The Balaban J connectivity index is 2.09. The van der Waals surface area contributed by atoms with Crippen LogP contribution in [0.15, 0.2) is 18.2 Å². The number of carbonyl (C=O) groups excluding carboxylic acids is 1. The van der Waals surface area contributed by atoms with Crippen molar-refractivity contribution in [3.8, 4) is 0 Å². The zero-order valence-electron chi connectivity index (χ0n) is 11.0. The number of hydrogen-bond donors (Lipinski definition) is 0. The van der Waals surface area contributed by atoms with Gasteiger partial charge in [-0.1, -0.05) is 23.8 Å². The maximum Gasteiger partial charge on any atom is 0.225 e. The van der Waals surface area contributed by atoms with Crippen molar-refractivity contribution in [2.45, 2.75) is 38.8 Å². The molecule has 0 bridgehead atoms. The molecule has 3 rings (SSSR count). The highest BCUT2D eigenvalue weighted by Gasteiger charge is 2.49. The highest BCUT2D eigenvalue weighted by molar-refractivity contribution is 5.80. The first-order valence-electron chi connectivity index (χ1n) is 6.66. The second-order valence-electron chi connectivity index (χ2n) is 5.35. The highest BCUT2D eigenvalue weighted by atomic mass is 16.5. The first kappa shape index (κ1) is 11.7. The summed E-state index contributed by atoms with van der Waals surface area (Å²) in [4.78, 5) is 13.9. The van der Waals surface area contributed by atoms with E-state index in [9.17, 15) is 4.79 Å². The first-order chi connectivity index (χ1) is 8.63. The molecule has 0 N–H and O–H groups in total. The standard InChI is InChI=1S/C15H19NO2/c1-11-4-5-13(12(2)10-11)15-7-6-14(17)16(15)8-3-9-18-15/h4-5,10H,3,6-9H2,1-2H3/t15-/m1/s1. The van der Waals surface area contributed by atoms with E-state index in [1.54, 1.807) is 0 Å². The van der Waals surface area contributed by atoms with Crippen LogP contribution in [0, 0.1) is 13.8 Å². The van der Waals surface area contributed by atoms with Crippen molar-refractivity contribution < 1.29 is 9.53 Å². The number of fused-ring (bicyclic) bond motifs is 1. The van der Waals surface area contributed by atoms with Crippen molar-refractivity contribution in [3.05, 3.63) is 34.9 Å². The number of nitrogens with zero attached hydrogens (tertiary/aromatic N) is 1. The van der Waals surface area contributed by atoms with Crippen molar-refractivity contribution >= 4 is 5.91 Å². The Kier molecular flexibility index (Phi) is 2.67. The molecule has 1 aromatic rings. The average Bonchev–Trinajstić information content (AvgIpc) is 2.68. The van der Waals surface area contributed by atoms with Crippen molar-refractivity contribution in [2.75, 3.05) is 13.2 Å². The van der Waals surface area contributed by atoms with E-state index in [-0.39, 0.29) is 5.91 Å². The molecule has 0 unspecified atom stereocenters. The van der Waals surface area contributed by atoms with Gasteiger partial charge in [0.2, 0.25) is 5.91 Å². The summed E-state index contributed by atoms with van der Waals surface area (Å²) in [6.07, 6.45) is 2.33. The summed E-state index contributed by atoms with van der Waals surface area (Å²) in [6, 6.07) is 6.40. The van der Waals surface area contributed by atoms with Crippen molar-refractivity contribution in [2.24, 2.45) is 0 Å². The van der Waals surface area contributed by atoms with E-state index < -0.39 is 5.72 Å². The van der Waals surface area contributed by atoms with Gasteiger partial charge in [0.25, 0.3) is 0 Å². The molecular formula is C15H19NO2. The van der Waals surface area contributed by atoms with Crippen LogP contribution in [0.25, 0.3) is 0 Å². The Morgan fingerprint density at radius 3 is 2.94 bits per heavy atom. The molecule has 0 aliphatic carbocycles. The van der Waals surface area contributed by atoms with Crippen molar-refractivity contribution in [1.82, 2.24) is 4.90 Å². The van der Waals surface area contributed by atoms with Crippen LogP contribution in [-0.4, -0.2) is 24.0 Å². The number of aryl methyl sites for hydroxylation is 2. The average molecular weight is 245 g/mol. The molecule has 18 heavy (non-hydrogen) atoms. The van der Waals surface area contributed by atoms with Crippen LogP contribution in [0.4, 0.5) is 0 Å². The minimum atomic E-state index is -0.479. The molecular weight excluding hydrogens is 226 g/mol. The molecule has 2 aliphatic rings.